The van der Waals surface area contributed by atoms with Crippen LogP contribution < -0.4 is 5.32 Å². The normalized spacial score (nSPS) is 12.3. The third-order valence-corrected chi connectivity index (χ3v) is 2.60. The van der Waals surface area contributed by atoms with Crippen LogP contribution in [0.15, 0.2) is 39.4 Å². The van der Waals surface area contributed by atoms with E-state index in [-0.39, 0.29) is 11.8 Å². The largest absolute Gasteiger partial charge is 0.468 e. The molecule has 2 aromatic rings. The van der Waals surface area contributed by atoms with Crippen molar-refractivity contribution in [1.82, 2.24) is 5.32 Å². The lowest BCUT2D eigenvalue weighted by atomic mass is 10.2. The number of ether oxygens (including phenoxy) is 1. The van der Waals surface area contributed by atoms with E-state index >= 15 is 0 Å². The highest BCUT2D eigenvalue weighted by Crippen LogP contribution is 2.14. The van der Waals surface area contributed by atoms with Crippen LogP contribution in [0.3, 0.4) is 0 Å². The second-order valence-electron chi connectivity index (χ2n) is 3.88. The molecule has 0 fully saturated rings. The predicted octanol–water partition coefficient (Wildman–Crippen LogP) is 2.51. The van der Waals surface area contributed by atoms with Gasteiger partial charge in [-0.05, 0) is 31.2 Å². The van der Waals surface area contributed by atoms with Crippen molar-refractivity contribution >= 4 is 5.97 Å². The molecule has 18 heavy (non-hydrogen) atoms. The molecule has 0 aliphatic rings. The molecule has 2 rings (SSSR count). The lowest BCUT2D eigenvalue weighted by Crippen LogP contribution is -2.17. The van der Waals surface area contributed by atoms with Crippen LogP contribution in [-0.2, 0) is 11.3 Å². The van der Waals surface area contributed by atoms with Crippen molar-refractivity contribution in [2.24, 2.45) is 0 Å². The van der Waals surface area contributed by atoms with Crippen LogP contribution in [0.4, 0.5) is 0 Å². The molecule has 0 aliphatic carbocycles. The summed E-state index contributed by atoms with van der Waals surface area (Å²) in [5.41, 5.74) is 0. The van der Waals surface area contributed by atoms with Gasteiger partial charge in [0.25, 0.3) is 0 Å². The Morgan fingerprint density at radius 2 is 2.28 bits per heavy atom. The molecule has 0 aliphatic heterocycles. The highest BCUT2D eigenvalue weighted by Gasteiger charge is 2.12. The van der Waals surface area contributed by atoms with Crippen molar-refractivity contribution < 1.29 is 18.4 Å². The molecule has 2 aromatic heterocycles. The third kappa shape index (κ3) is 2.81. The fourth-order valence-corrected chi connectivity index (χ4v) is 1.58. The number of esters is 1. The van der Waals surface area contributed by atoms with Gasteiger partial charge in [0.2, 0.25) is 5.76 Å². The first-order valence-electron chi connectivity index (χ1n) is 5.64. The molecule has 0 unspecified atom stereocenters. The number of hydrogen-bond acceptors (Lipinski definition) is 5. The van der Waals surface area contributed by atoms with Gasteiger partial charge in [0.15, 0.2) is 0 Å². The molecule has 96 valence electrons. The highest BCUT2D eigenvalue weighted by atomic mass is 16.5. The Balaban J connectivity index is 1.90. The molecule has 0 saturated carbocycles. The molecule has 1 atom stereocenters. The summed E-state index contributed by atoms with van der Waals surface area (Å²) in [5.74, 6) is 1.27. The number of hydrogen-bond donors (Lipinski definition) is 1. The molecule has 2 heterocycles. The molecule has 1 N–H and O–H groups in total. The first-order chi connectivity index (χ1) is 8.70. The molecule has 0 bridgehead atoms. The van der Waals surface area contributed by atoms with Crippen LogP contribution in [0.2, 0.25) is 0 Å². The Bertz CT molecular complexity index is 501. The molecule has 5 heteroatoms. The van der Waals surface area contributed by atoms with Crippen LogP contribution in [0.25, 0.3) is 0 Å². The summed E-state index contributed by atoms with van der Waals surface area (Å²) in [6, 6.07) is 7.16. The van der Waals surface area contributed by atoms with Crippen molar-refractivity contribution in [3.8, 4) is 0 Å². The SMILES string of the molecule is COC(=O)c1ccc(CN[C@@H](C)c2ccco2)o1. The maximum atomic E-state index is 11.2. The van der Waals surface area contributed by atoms with Gasteiger partial charge in [-0.1, -0.05) is 0 Å². The molecular formula is C13H15NO4. The molecule has 0 radical (unpaired) electrons. The van der Waals surface area contributed by atoms with Crippen molar-refractivity contribution in [3.63, 3.8) is 0 Å². The zero-order valence-electron chi connectivity index (χ0n) is 10.3. The number of carbonyl (C=O) groups excluding carboxylic acids is 1. The molecule has 0 spiro atoms. The highest BCUT2D eigenvalue weighted by molar-refractivity contribution is 5.86. The van der Waals surface area contributed by atoms with Gasteiger partial charge >= 0.3 is 5.97 Å². The first kappa shape index (κ1) is 12.4. The van der Waals surface area contributed by atoms with E-state index in [4.69, 9.17) is 8.83 Å². The maximum absolute atomic E-state index is 11.2. The Morgan fingerprint density at radius 3 is 2.94 bits per heavy atom. The second-order valence-corrected chi connectivity index (χ2v) is 3.88. The number of carbonyl (C=O) groups is 1. The summed E-state index contributed by atoms with van der Waals surface area (Å²) in [4.78, 5) is 11.2. The molecule has 0 aromatic carbocycles. The molecule has 0 saturated heterocycles. The van der Waals surface area contributed by atoms with E-state index in [0.29, 0.717) is 12.3 Å². The summed E-state index contributed by atoms with van der Waals surface area (Å²) in [7, 11) is 1.32. The topological polar surface area (TPSA) is 64.6 Å². The van der Waals surface area contributed by atoms with Gasteiger partial charge in [-0.3, -0.25) is 0 Å². The van der Waals surface area contributed by atoms with Gasteiger partial charge in [0.1, 0.15) is 11.5 Å². The van der Waals surface area contributed by atoms with E-state index in [1.54, 1.807) is 18.4 Å². The third-order valence-electron chi connectivity index (χ3n) is 2.60. The molecular weight excluding hydrogens is 234 g/mol. The van der Waals surface area contributed by atoms with Crippen LogP contribution in [0.1, 0.15) is 35.0 Å². The minimum Gasteiger partial charge on any atom is -0.468 e. The van der Waals surface area contributed by atoms with E-state index in [2.05, 4.69) is 10.1 Å². The number of nitrogens with one attached hydrogen (secondary N) is 1. The monoisotopic (exact) mass is 249 g/mol. The predicted molar refractivity (Wildman–Crippen MR) is 64.0 cm³/mol. The standard InChI is InChI=1S/C13H15NO4/c1-9(11-4-3-7-17-11)14-8-10-5-6-12(18-10)13(15)16-2/h3-7,9,14H,8H2,1-2H3/t9-/m0/s1. The zero-order chi connectivity index (χ0) is 13.0. The van der Waals surface area contributed by atoms with Gasteiger partial charge in [-0.2, -0.15) is 0 Å². The van der Waals surface area contributed by atoms with Gasteiger partial charge in [0.05, 0.1) is 26.0 Å². The van der Waals surface area contributed by atoms with Crippen molar-refractivity contribution in [2.75, 3.05) is 7.11 Å². The van der Waals surface area contributed by atoms with E-state index in [1.807, 2.05) is 19.1 Å². The van der Waals surface area contributed by atoms with Crippen LogP contribution >= 0.6 is 0 Å². The lowest BCUT2D eigenvalue weighted by molar-refractivity contribution is 0.0562. The van der Waals surface area contributed by atoms with Crippen LogP contribution in [0.5, 0.6) is 0 Å². The summed E-state index contributed by atoms with van der Waals surface area (Å²) in [6.45, 7) is 2.50. The fraction of sp³-hybridized carbons (Fsp3) is 0.308. The minimum absolute atomic E-state index is 0.0756. The van der Waals surface area contributed by atoms with Gasteiger partial charge in [-0.15, -0.1) is 0 Å². The average molecular weight is 249 g/mol. The van der Waals surface area contributed by atoms with Crippen molar-refractivity contribution in [1.29, 1.82) is 0 Å². The fourth-order valence-electron chi connectivity index (χ4n) is 1.58. The van der Waals surface area contributed by atoms with Crippen LogP contribution in [0, 0.1) is 0 Å². The van der Waals surface area contributed by atoms with Gasteiger partial charge in [0, 0.05) is 0 Å². The van der Waals surface area contributed by atoms with Gasteiger partial charge < -0.3 is 18.9 Å². The zero-order valence-corrected chi connectivity index (χ0v) is 10.3. The lowest BCUT2D eigenvalue weighted by Gasteiger charge is -2.09. The summed E-state index contributed by atoms with van der Waals surface area (Å²) in [5, 5.41) is 3.23. The Hall–Kier alpha value is -2.01. The first-order valence-corrected chi connectivity index (χ1v) is 5.64. The van der Waals surface area contributed by atoms with E-state index in [0.717, 1.165) is 5.76 Å². The van der Waals surface area contributed by atoms with Gasteiger partial charge in [-0.25, -0.2) is 4.79 Å². The van der Waals surface area contributed by atoms with E-state index < -0.39 is 5.97 Å². The van der Waals surface area contributed by atoms with Crippen LogP contribution in [-0.4, -0.2) is 13.1 Å². The van der Waals surface area contributed by atoms with Crippen molar-refractivity contribution in [2.45, 2.75) is 19.5 Å². The Morgan fingerprint density at radius 1 is 1.44 bits per heavy atom. The summed E-state index contributed by atoms with van der Waals surface area (Å²) in [6.07, 6.45) is 1.63. The molecule has 0 amide bonds. The second kappa shape index (κ2) is 5.55. The number of furan rings is 2. The maximum Gasteiger partial charge on any atom is 0.373 e. The Labute approximate surface area is 105 Å². The quantitative estimate of drug-likeness (QED) is 0.825. The summed E-state index contributed by atoms with van der Waals surface area (Å²) >= 11 is 0. The number of rotatable bonds is 5. The smallest absolute Gasteiger partial charge is 0.373 e. The van der Waals surface area contributed by atoms with Crippen molar-refractivity contribution in [3.05, 3.63) is 47.8 Å². The number of methoxy groups -OCH3 is 1. The van der Waals surface area contributed by atoms with E-state index in [9.17, 15) is 4.79 Å². The van der Waals surface area contributed by atoms with E-state index in [1.165, 1.54) is 7.11 Å². The Kier molecular flexibility index (Phi) is 3.84. The average Bonchev–Trinajstić information content (AvgIpc) is 3.05. The summed E-state index contributed by atoms with van der Waals surface area (Å²) < 4.78 is 15.2. The molecule has 5 nitrogen and oxygen atoms in total. The minimum atomic E-state index is -0.472.